The Morgan fingerprint density at radius 1 is 0.914 bits per heavy atom. The molecule has 0 radical (unpaired) electrons. The molecule has 4 heteroatoms. The quantitative estimate of drug-likeness (QED) is 0.149. The Hall–Kier alpha value is -3.50. The number of aryl methyl sites for hydroxylation is 1. The first kappa shape index (κ1) is 23.3. The molecule has 3 aromatic carbocycles. The average molecular weight is 480 g/mol. The summed E-state index contributed by atoms with van der Waals surface area (Å²) in [4.78, 5) is 2.24. The van der Waals surface area contributed by atoms with Crippen LogP contribution < -0.4 is 14.2 Å². The molecule has 1 aliphatic rings. The third kappa shape index (κ3) is 4.85. The summed E-state index contributed by atoms with van der Waals surface area (Å²) >= 11 is 1.90. The molecule has 1 aliphatic heterocycles. The number of hydrogen-bond donors (Lipinski definition) is 0. The van der Waals surface area contributed by atoms with Crippen LogP contribution in [0.4, 0.5) is 5.69 Å². The highest BCUT2D eigenvalue weighted by atomic mass is 32.2. The van der Waals surface area contributed by atoms with Crippen molar-refractivity contribution in [2.24, 2.45) is 0 Å². The molecule has 0 saturated carbocycles. The summed E-state index contributed by atoms with van der Waals surface area (Å²) in [6.45, 7) is 4.06. The van der Waals surface area contributed by atoms with E-state index in [0.717, 1.165) is 30.4 Å². The number of aromatic nitrogens is 1. The van der Waals surface area contributed by atoms with Crippen molar-refractivity contribution in [1.82, 2.24) is 0 Å². The van der Waals surface area contributed by atoms with Gasteiger partial charge in [-0.25, -0.2) is 0 Å². The van der Waals surface area contributed by atoms with Crippen molar-refractivity contribution >= 4 is 45.2 Å². The van der Waals surface area contributed by atoms with Gasteiger partial charge in [0.1, 0.15) is 6.54 Å². The number of hydrogen-bond acceptors (Lipinski definition) is 3. The van der Waals surface area contributed by atoms with E-state index in [1.54, 1.807) is 0 Å². The highest BCUT2D eigenvalue weighted by Gasteiger charge is 2.26. The van der Waals surface area contributed by atoms with Gasteiger partial charge in [-0.3, -0.25) is 0 Å². The van der Waals surface area contributed by atoms with Gasteiger partial charge in [0.2, 0.25) is 11.4 Å². The molecule has 0 aliphatic carbocycles. The van der Waals surface area contributed by atoms with E-state index in [2.05, 4.69) is 120 Å². The average Bonchev–Trinajstić information content (AvgIpc) is 3.27. The molecular formula is C31H31N2OS+. The molecule has 0 spiro atoms. The van der Waals surface area contributed by atoms with Crippen LogP contribution in [-0.2, 0) is 6.54 Å². The van der Waals surface area contributed by atoms with Crippen molar-refractivity contribution in [1.29, 1.82) is 0 Å². The van der Waals surface area contributed by atoms with Gasteiger partial charge >= 0.3 is 0 Å². The van der Waals surface area contributed by atoms with Crippen LogP contribution >= 0.6 is 11.8 Å². The molecule has 3 nitrogen and oxygen atoms in total. The molecule has 4 aromatic rings. The summed E-state index contributed by atoms with van der Waals surface area (Å²) in [6.07, 6.45) is 16.0. The zero-order chi connectivity index (χ0) is 24.0. The van der Waals surface area contributed by atoms with E-state index >= 15 is 0 Å². The standard InChI is InChI=1S/C31H31N2OS/c1-3-33-30(34-29-19-18-24-13-7-8-15-27(24)31(29)33)17-6-4-5-12-25-20-22-32(21-11-23-35-2)28-16-10-9-14-26(25)28/h4-10,12-20,22H,3,11,21,23H2,1-2H3/q+1. The number of allylic oxidation sites excluding steroid dienone is 4. The lowest BCUT2D eigenvalue weighted by Crippen LogP contribution is -2.34. The third-order valence-electron chi connectivity index (χ3n) is 6.37. The molecule has 2 heterocycles. The Balaban J connectivity index is 1.34. The fraction of sp³-hybridized carbons (Fsp3) is 0.194. The summed E-state index contributed by atoms with van der Waals surface area (Å²) in [7, 11) is 0. The Labute approximate surface area is 212 Å². The first-order valence-electron chi connectivity index (χ1n) is 12.2. The van der Waals surface area contributed by atoms with Gasteiger partial charge in [0.15, 0.2) is 11.9 Å². The number of fused-ring (bicyclic) bond motifs is 4. The third-order valence-corrected chi connectivity index (χ3v) is 7.07. The lowest BCUT2D eigenvalue weighted by atomic mass is 10.1. The molecule has 176 valence electrons. The zero-order valence-corrected chi connectivity index (χ0v) is 21.2. The van der Waals surface area contributed by atoms with Crippen LogP contribution in [0.3, 0.4) is 0 Å². The second-order valence-corrected chi connectivity index (χ2v) is 9.54. The van der Waals surface area contributed by atoms with Gasteiger partial charge in [-0.1, -0.05) is 66.8 Å². The molecule has 1 aromatic heterocycles. The smallest absolute Gasteiger partial charge is 0.213 e. The number of nitrogens with zero attached hydrogens (tertiary/aromatic N) is 2. The van der Waals surface area contributed by atoms with Gasteiger partial charge in [0, 0.05) is 30.5 Å². The fourth-order valence-corrected chi connectivity index (χ4v) is 5.12. The Bertz CT molecular complexity index is 1440. The molecule has 0 atom stereocenters. The summed E-state index contributed by atoms with van der Waals surface area (Å²) < 4.78 is 8.56. The highest BCUT2D eigenvalue weighted by Crippen LogP contribution is 2.43. The second kappa shape index (κ2) is 10.8. The largest absolute Gasteiger partial charge is 0.439 e. The van der Waals surface area contributed by atoms with Crippen LogP contribution in [0.5, 0.6) is 5.75 Å². The maximum atomic E-state index is 6.20. The number of ether oxygens (including phenoxy) is 1. The number of pyridine rings is 1. The number of benzene rings is 3. The van der Waals surface area contributed by atoms with Gasteiger partial charge in [-0.2, -0.15) is 16.3 Å². The summed E-state index contributed by atoms with van der Waals surface area (Å²) in [5.74, 6) is 2.96. The van der Waals surface area contributed by atoms with Crippen LogP contribution in [0.15, 0.2) is 103 Å². The molecule has 0 bridgehead atoms. The maximum Gasteiger partial charge on any atom is 0.213 e. The van der Waals surface area contributed by atoms with Crippen molar-refractivity contribution in [2.75, 3.05) is 23.5 Å². The van der Waals surface area contributed by atoms with Gasteiger partial charge in [-0.15, -0.1) is 0 Å². The molecule has 0 fully saturated rings. The molecule has 0 unspecified atom stereocenters. The molecule has 5 rings (SSSR count). The highest BCUT2D eigenvalue weighted by molar-refractivity contribution is 7.98. The molecular weight excluding hydrogens is 448 g/mol. The normalized spacial score (nSPS) is 14.6. The molecule has 0 saturated heterocycles. The van der Waals surface area contributed by atoms with Crippen molar-refractivity contribution in [3.63, 3.8) is 0 Å². The molecule has 0 amide bonds. The van der Waals surface area contributed by atoms with Crippen LogP contribution in [0.25, 0.3) is 27.8 Å². The van der Waals surface area contributed by atoms with E-state index in [4.69, 9.17) is 4.74 Å². The van der Waals surface area contributed by atoms with E-state index in [1.165, 1.54) is 39.4 Å². The van der Waals surface area contributed by atoms with Crippen molar-refractivity contribution < 1.29 is 9.30 Å². The van der Waals surface area contributed by atoms with E-state index in [-0.39, 0.29) is 0 Å². The van der Waals surface area contributed by atoms with Gasteiger partial charge in [-0.05, 0) is 48.1 Å². The zero-order valence-electron chi connectivity index (χ0n) is 20.4. The predicted octanol–water partition coefficient (Wildman–Crippen LogP) is 7.36. The lowest BCUT2D eigenvalue weighted by Gasteiger charge is -2.16. The van der Waals surface area contributed by atoms with Crippen LogP contribution in [0.2, 0.25) is 0 Å². The monoisotopic (exact) mass is 479 g/mol. The Kier molecular flexibility index (Phi) is 7.20. The SMILES string of the molecule is CCN1C(=CC=CC=Cc2cc[n+](CCCSC)c3ccccc23)Oc2ccc3ccccc3c21. The molecule has 35 heavy (non-hydrogen) atoms. The summed E-state index contributed by atoms with van der Waals surface area (Å²) in [5, 5.41) is 3.73. The van der Waals surface area contributed by atoms with Crippen molar-refractivity contribution in [2.45, 2.75) is 19.9 Å². The first-order chi connectivity index (χ1) is 17.3. The minimum absolute atomic E-state index is 0.851. The number of anilines is 1. The van der Waals surface area contributed by atoms with Crippen LogP contribution in [0.1, 0.15) is 18.9 Å². The Morgan fingerprint density at radius 3 is 2.60 bits per heavy atom. The van der Waals surface area contributed by atoms with Crippen molar-refractivity contribution in [3.8, 4) is 5.75 Å². The van der Waals surface area contributed by atoms with Gasteiger partial charge in [0.25, 0.3) is 0 Å². The Morgan fingerprint density at radius 2 is 1.74 bits per heavy atom. The number of thioether (sulfide) groups is 1. The maximum absolute atomic E-state index is 6.20. The van der Waals surface area contributed by atoms with Gasteiger partial charge in [0.05, 0.1) is 11.1 Å². The lowest BCUT2D eigenvalue weighted by molar-refractivity contribution is -0.671. The molecule has 0 N–H and O–H groups in total. The van der Waals surface area contributed by atoms with E-state index in [1.807, 2.05) is 17.8 Å². The van der Waals surface area contributed by atoms with Crippen molar-refractivity contribution in [3.05, 3.63) is 109 Å². The summed E-state index contributed by atoms with van der Waals surface area (Å²) in [5.41, 5.74) is 3.66. The van der Waals surface area contributed by atoms with E-state index < -0.39 is 0 Å². The van der Waals surface area contributed by atoms with E-state index in [9.17, 15) is 0 Å². The topological polar surface area (TPSA) is 16.4 Å². The van der Waals surface area contributed by atoms with Gasteiger partial charge < -0.3 is 9.64 Å². The summed E-state index contributed by atoms with van der Waals surface area (Å²) in [6, 6.07) is 23.5. The van der Waals surface area contributed by atoms with E-state index in [0.29, 0.717) is 0 Å². The first-order valence-corrected chi connectivity index (χ1v) is 13.6. The van der Waals surface area contributed by atoms with Crippen LogP contribution in [-0.4, -0.2) is 18.6 Å². The number of rotatable bonds is 8. The minimum atomic E-state index is 0.851. The fourth-order valence-electron chi connectivity index (χ4n) is 4.70. The minimum Gasteiger partial charge on any atom is -0.439 e. The second-order valence-electron chi connectivity index (χ2n) is 8.56. The number of para-hydroxylation sites is 1. The predicted molar refractivity (Wildman–Crippen MR) is 151 cm³/mol. The van der Waals surface area contributed by atoms with Crippen LogP contribution in [0, 0.1) is 0 Å².